The molecule has 1 aliphatic carbocycles. The van der Waals surface area contributed by atoms with Gasteiger partial charge in [0.1, 0.15) is 0 Å². The van der Waals surface area contributed by atoms with Gasteiger partial charge in [0.2, 0.25) is 5.95 Å². The monoisotopic (exact) mass is 237 g/mol. The van der Waals surface area contributed by atoms with Crippen LogP contribution in [0.3, 0.4) is 0 Å². The molecule has 0 spiro atoms. The third-order valence-electron chi connectivity index (χ3n) is 3.26. The fourth-order valence-corrected chi connectivity index (χ4v) is 2.00. The predicted molar refractivity (Wildman–Crippen MR) is 69.4 cm³/mol. The van der Waals surface area contributed by atoms with Crippen LogP contribution in [0.2, 0.25) is 0 Å². The van der Waals surface area contributed by atoms with E-state index in [0.29, 0.717) is 24.6 Å². The number of aryl methyl sites for hydroxylation is 1. The number of hydrogen-bond acceptors (Lipinski definition) is 3. The Morgan fingerprint density at radius 1 is 1.53 bits per heavy atom. The summed E-state index contributed by atoms with van der Waals surface area (Å²) in [6.07, 6.45) is 4.70. The standard InChI is InChI=1S/C13H23N3O/c1-9(2)12(8-17-4)15-13-14-10(3)7-16(13)11-5-6-11/h7,9,11-12H,5-6,8H2,1-4H3,(H,14,15). The van der Waals surface area contributed by atoms with E-state index in [4.69, 9.17) is 4.74 Å². The lowest BCUT2D eigenvalue weighted by Gasteiger charge is -2.22. The normalized spacial score (nSPS) is 17.5. The Morgan fingerprint density at radius 3 is 2.76 bits per heavy atom. The summed E-state index contributed by atoms with van der Waals surface area (Å²) in [5.41, 5.74) is 1.08. The maximum atomic E-state index is 5.26. The van der Waals surface area contributed by atoms with Gasteiger partial charge < -0.3 is 14.6 Å². The maximum Gasteiger partial charge on any atom is 0.203 e. The Bertz CT molecular complexity index is 369. The summed E-state index contributed by atoms with van der Waals surface area (Å²) >= 11 is 0. The lowest BCUT2D eigenvalue weighted by atomic mass is 10.1. The summed E-state index contributed by atoms with van der Waals surface area (Å²) in [6, 6.07) is 0.980. The van der Waals surface area contributed by atoms with Gasteiger partial charge in [0.05, 0.1) is 18.3 Å². The molecule has 96 valence electrons. The van der Waals surface area contributed by atoms with Gasteiger partial charge in [-0.1, -0.05) is 13.8 Å². The minimum Gasteiger partial charge on any atom is -0.383 e. The van der Waals surface area contributed by atoms with Crippen molar-refractivity contribution in [3.05, 3.63) is 11.9 Å². The zero-order valence-corrected chi connectivity index (χ0v) is 11.2. The summed E-state index contributed by atoms with van der Waals surface area (Å²) in [5.74, 6) is 1.53. The summed E-state index contributed by atoms with van der Waals surface area (Å²) < 4.78 is 7.54. The summed E-state index contributed by atoms with van der Waals surface area (Å²) in [7, 11) is 1.75. The summed E-state index contributed by atoms with van der Waals surface area (Å²) in [6.45, 7) is 7.17. The van der Waals surface area contributed by atoms with Crippen LogP contribution in [0.1, 0.15) is 38.4 Å². The molecular weight excluding hydrogens is 214 g/mol. The van der Waals surface area contributed by atoms with E-state index in [-0.39, 0.29) is 0 Å². The van der Waals surface area contributed by atoms with Crippen LogP contribution in [0, 0.1) is 12.8 Å². The topological polar surface area (TPSA) is 39.1 Å². The highest BCUT2D eigenvalue weighted by Crippen LogP contribution is 2.37. The van der Waals surface area contributed by atoms with E-state index in [2.05, 4.69) is 34.9 Å². The predicted octanol–water partition coefficient (Wildman–Crippen LogP) is 2.61. The molecule has 1 aliphatic rings. The van der Waals surface area contributed by atoms with Crippen LogP contribution in [0.15, 0.2) is 6.20 Å². The van der Waals surface area contributed by atoms with Crippen molar-refractivity contribution in [2.45, 2.75) is 45.7 Å². The van der Waals surface area contributed by atoms with Crippen molar-refractivity contribution in [1.29, 1.82) is 0 Å². The summed E-state index contributed by atoms with van der Waals surface area (Å²) in [4.78, 5) is 4.57. The second kappa shape index (κ2) is 5.08. The highest BCUT2D eigenvalue weighted by molar-refractivity contribution is 5.32. The Labute approximate surface area is 103 Å². The molecule has 4 nitrogen and oxygen atoms in total. The molecule has 4 heteroatoms. The van der Waals surface area contributed by atoms with E-state index in [0.717, 1.165) is 11.6 Å². The largest absolute Gasteiger partial charge is 0.383 e. The molecule has 17 heavy (non-hydrogen) atoms. The van der Waals surface area contributed by atoms with Crippen molar-refractivity contribution in [1.82, 2.24) is 9.55 Å². The van der Waals surface area contributed by atoms with E-state index in [1.807, 2.05) is 6.92 Å². The quantitative estimate of drug-likeness (QED) is 0.826. The second-order valence-electron chi connectivity index (χ2n) is 5.29. The molecule has 1 saturated carbocycles. The molecular formula is C13H23N3O. The maximum absolute atomic E-state index is 5.26. The highest BCUT2D eigenvalue weighted by Gasteiger charge is 2.27. The van der Waals surface area contributed by atoms with Crippen molar-refractivity contribution in [2.75, 3.05) is 19.0 Å². The van der Waals surface area contributed by atoms with Crippen LogP contribution in [0.4, 0.5) is 5.95 Å². The average molecular weight is 237 g/mol. The van der Waals surface area contributed by atoms with Crippen molar-refractivity contribution < 1.29 is 4.74 Å². The van der Waals surface area contributed by atoms with Crippen molar-refractivity contribution in [2.24, 2.45) is 5.92 Å². The molecule has 1 fully saturated rings. The van der Waals surface area contributed by atoms with E-state index < -0.39 is 0 Å². The zero-order chi connectivity index (χ0) is 12.4. The third-order valence-corrected chi connectivity index (χ3v) is 3.26. The molecule has 0 aliphatic heterocycles. The number of methoxy groups -OCH3 is 1. The molecule has 0 amide bonds. The number of nitrogens with zero attached hydrogens (tertiary/aromatic N) is 2. The Morgan fingerprint density at radius 2 is 2.24 bits per heavy atom. The van der Waals surface area contributed by atoms with Crippen LogP contribution in [-0.4, -0.2) is 29.3 Å². The number of rotatable bonds is 6. The lowest BCUT2D eigenvalue weighted by molar-refractivity contribution is 0.170. The molecule has 0 aromatic carbocycles. The number of aromatic nitrogens is 2. The SMILES string of the molecule is COCC(Nc1nc(C)cn1C1CC1)C(C)C. The molecule has 0 saturated heterocycles. The van der Waals surface area contributed by atoms with Crippen molar-refractivity contribution in [3.63, 3.8) is 0 Å². The average Bonchev–Trinajstić information content (AvgIpc) is 3.03. The Hall–Kier alpha value is -1.03. The van der Waals surface area contributed by atoms with Gasteiger partial charge in [0.25, 0.3) is 0 Å². The molecule has 1 aromatic rings. The van der Waals surface area contributed by atoms with Crippen molar-refractivity contribution >= 4 is 5.95 Å². The van der Waals surface area contributed by atoms with E-state index >= 15 is 0 Å². The lowest BCUT2D eigenvalue weighted by Crippen LogP contribution is -2.31. The van der Waals surface area contributed by atoms with Crippen LogP contribution in [0.5, 0.6) is 0 Å². The van der Waals surface area contributed by atoms with Crippen molar-refractivity contribution in [3.8, 4) is 0 Å². The molecule has 1 atom stereocenters. The van der Waals surface area contributed by atoms with Gasteiger partial charge in [-0.05, 0) is 25.7 Å². The van der Waals surface area contributed by atoms with Gasteiger partial charge >= 0.3 is 0 Å². The van der Waals surface area contributed by atoms with E-state index in [9.17, 15) is 0 Å². The summed E-state index contributed by atoms with van der Waals surface area (Å²) in [5, 5.41) is 3.52. The molecule has 1 aromatic heterocycles. The first-order chi connectivity index (χ1) is 8.11. The van der Waals surface area contributed by atoms with Gasteiger partial charge in [0.15, 0.2) is 0 Å². The number of hydrogen-bond donors (Lipinski definition) is 1. The van der Waals surface area contributed by atoms with Gasteiger partial charge in [-0.15, -0.1) is 0 Å². The second-order valence-corrected chi connectivity index (χ2v) is 5.29. The minimum atomic E-state index is 0.319. The van der Waals surface area contributed by atoms with Crippen LogP contribution >= 0.6 is 0 Å². The first-order valence-corrected chi connectivity index (χ1v) is 6.42. The fraction of sp³-hybridized carbons (Fsp3) is 0.769. The van der Waals surface area contributed by atoms with Crippen LogP contribution < -0.4 is 5.32 Å². The first-order valence-electron chi connectivity index (χ1n) is 6.42. The molecule has 2 rings (SSSR count). The van der Waals surface area contributed by atoms with Gasteiger partial charge in [-0.25, -0.2) is 4.98 Å². The number of anilines is 1. The van der Waals surface area contributed by atoms with E-state index in [1.54, 1.807) is 7.11 Å². The Kier molecular flexibility index (Phi) is 3.72. The first kappa shape index (κ1) is 12.4. The van der Waals surface area contributed by atoms with E-state index in [1.165, 1.54) is 12.8 Å². The zero-order valence-electron chi connectivity index (χ0n) is 11.2. The van der Waals surface area contributed by atoms with Gasteiger partial charge in [-0.3, -0.25) is 0 Å². The Balaban J connectivity index is 2.10. The van der Waals surface area contributed by atoms with Crippen LogP contribution in [0.25, 0.3) is 0 Å². The molecule has 0 radical (unpaired) electrons. The fourth-order valence-electron chi connectivity index (χ4n) is 2.00. The highest BCUT2D eigenvalue weighted by atomic mass is 16.5. The van der Waals surface area contributed by atoms with Gasteiger partial charge in [0, 0.05) is 19.3 Å². The number of nitrogens with one attached hydrogen (secondary N) is 1. The molecule has 0 bridgehead atoms. The molecule has 1 unspecified atom stereocenters. The minimum absolute atomic E-state index is 0.319. The van der Waals surface area contributed by atoms with Crippen LogP contribution in [-0.2, 0) is 4.74 Å². The molecule has 1 N–H and O–H groups in total. The third kappa shape index (κ3) is 3.00. The molecule has 1 heterocycles. The number of imidazole rings is 1. The number of ether oxygens (including phenoxy) is 1. The van der Waals surface area contributed by atoms with Gasteiger partial charge in [-0.2, -0.15) is 0 Å². The smallest absolute Gasteiger partial charge is 0.203 e.